The molecule has 0 bridgehead atoms. The van der Waals surface area contributed by atoms with E-state index < -0.39 is 0 Å². The molecular formula is C18H20ClNOS. The summed E-state index contributed by atoms with van der Waals surface area (Å²) in [6, 6.07) is 16.0. The van der Waals surface area contributed by atoms with Crippen molar-refractivity contribution in [2.24, 2.45) is 0 Å². The lowest BCUT2D eigenvalue weighted by molar-refractivity contribution is -0.121. The Morgan fingerprint density at radius 3 is 2.41 bits per heavy atom. The van der Waals surface area contributed by atoms with Crippen molar-refractivity contribution in [2.75, 3.05) is 5.75 Å². The highest BCUT2D eigenvalue weighted by Crippen LogP contribution is 2.21. The van der Waals surface area contributed by atoms with E-state index in [0.29, 0.717) is 6.42 Å². The average molecular weight is 334 g/mol. The molecule has 1 amide bonds. The summed E-state index contributed by atoms with van der Waals surface area (Å²) in [6.07, 6.45) is 0.503. The Hall–Kier alpha value is -1.45. The molecule has 0 aromatic heterocycles. The van der Waals surface area contributed by atoms with Crippen LogP contribution in [0.3, 0.4) is 0 Å². The molecule has 2 aromatic rings. The first-order chi connectivity index (χ1) is 10.5. The molecule has 1 N–H and O–H groups in total. The molecule has 0 saturated heterocycles. The van der Waals surface area contributed by atoms with E-state index in [0.717, 1.165) is 21.2 Å². The van der Waals surface area contributed by atoms with Crippen molar-refractivity contribution in [2.45, 2.75) is 31.2 Å². The van der Waals surface area contributed by atoms with Gasteiger partial charge in [0.05, 0.1) is 6.04 Å². The zero-order chi connectivity index (χ0) is 15.9. The second-order valence-corrected chi connectivity index (χ2v) is 6.86. The van der Waals surface area contributed by atoms with Crippen LogP contribution in [0.25, 0.3) is 0 Å². The summed E-state index contributed by atoms with van der Waals surface area (Å²) in [5.74, 6) is 0.836. The minimum atomic E-state index is 0.0358. The van der Waals surface area contributed by atoms with Crippen LogP contribution in [0.4, 0.5) is 0 Å². The minimum Gasteiger partial charge on any atom is -0.350 e. The van der Waals surface area contributed by atoms with Gasteiger partial charge < -0.3 is 5.32 Å². The monoisotopic (exact) mass is 333 g/mol. The molecule has 0 saturated carbocycles. The number of carbonyl (C=O) groups excluding carboxylic acids is 1. The van der Waals surface area contributed by atoms with Gasteiger partial charge in [0, 0.05) is 22.1 Å². The number of thioether (sulfide) groups is 1. The van der Waals surface area contributed by atoms with Crippen molar-refractivity contribution >= 4 is 29.3 Å². The van der Waals surface area contributed by atoms with Crippen LogP contribution in [0.15, 0.2) is 53.4 Å². The highest BCUT2D eigenvalue weighted by molar-refractivity contribution is 7.99. The molecule has 116 valence electrons. The van der Waals surface area contributed by atoms with Crippen LogP contribution in [0, 0.1) is 6.92 Å². The minimum absolute atomic E-state index is 0.0358. The summed E-state index contributed by atoms with van der Waals surface area (Å²) in [5, 5.41) is 3.77. The van der Waals surface area contributed by atoms with Gasteiger partial charge in [-0.15, -0.1) is 11.8 Å². The topological polar surface area (TPSA) is 29.1 Å². The smallest absolute Gasteiger partial charge is 0.221 e. The second kappa shape index (κ2) is 8.25. The van der Waals surface area contributed by atoms with Gasteiger partial charge in [-0.1, -0.05) is 41.4 Å². The van der Waals surface area contributed by atoms with E-state index in [1.54, 1.807) is 11.8 Å². The first-order valence-electron chi connectivity index (χ1n) is 7.29. The Labute approximate surface area is 141 Å². The number of nitrogens with one attached hydrogen (secondary N) is 1. The number of rotatable bonds is 6. The van der Waals surface area contributed by atoms with Gasteiger partial charge in [0.1, 0.15) is 0 Å². The Kier molecular flexibility index (Phi) is 6.34. The summed E-state index contributed by atoms with van der Waals surface area (Å²) < 4.78 is 0. The Balaban J connectivity index is 1.75. The molecule has 0 fully saturated rings. The Morgan fingerprint density at radius 1 is 1.14 bits per heavy atom. The largest absolute Gasteiger partial charge is 0.350 e. The first-order valence-corrected chi connectivity index (χ1v) is 8.65. The van der Waals surface area contributed by atoms with Crippen molar-refractivity contribution in [3.63, 3.8) is 0 Å². The second-order valence-electron chi connectivity index (χ2n) is 5.25. The fourth-order valence-electron chi connectivity index (χ4n) is 2.04. The van der Waals surface area contributed by atoms with Gasteiger partial charge in [0.2, 0.25) is 5.91 Å². The number of aryl methyl sites for hydroxylation is 1. The van der Waals surface area contributed by atoms with Crippen LogP contribution in [-0.4, -0.2) is 11.7 Å². The van der Waals surface area contributed by atoms with Gasteiger partial charge in [-0.05, 0) is 43.7 Å². The number of amides is 1. The molecule has 2 rings (SSSR count). The van der Waals surface area contributed by atoms with Crippen LogP contribution in [-0.2, 0) is 4.79 Å². The van der Waals surface area contributed by atoms with Gasteiger partial charge in [-0.25, -0.2) is 0 Å². The van der Waals surface area contributed by atoms with E-state index in [2.05, 4.69) is 36.5 Å². The molecule has 2 nitrogen and oxygen atoms in total. The van der Waals surface area contributed by atoms with Gasteiger partial charge in [0.25, 0.3) is 0 Å². The Bertz CT molecular complexity index is 610. The zero-order valence-corrected chi connectivity index (χ0v) is 14.4. The predicted molar refractivity (Wildman–Crippen MR) is 94.5 cm³/mol. The van der Waals surface area contributed by atoms with E-state index in [1.165, 1.54) is 5.56 Å². The van der Waals surface area contributed by atoms with Gasteiger partial charge in [-0.2, -0.15) is 0 Å². The number of hydrogen-bond donors (Lipinski definition) is 1. The average Bonchev–Trinajstić information content (AvgIpc) is 2.50. The van der Waals surface area contributed by atoms with Crippen molar-refractivity contribution in [1.29, 1.82) is 0 Å². The summed E-state index contributed by atoms with van der Waals surface area (Å²) >= 11 is 7.51. The first kappa shape index (κ1) is 16.9. The molecule has 0 aliphatic carbocycles. The third kappa shape index (κ3) is 5.39. The van der Waals surface area contributed by atoms with Crippen LogP contribution in [0.1, 0.15) is 30.5 Å². The van der Waals surface area contributed by atoms with Crippen LogP contribution in [0.5, 0.6) is 0 Å². The standard InChI is InChI=1S/C18H20ClNOS/c1-13-3-5-15(6-4-13)14(2)20-18(21)11-12-22-17-9-7-16(19)8-10-17/h3-10,14H,11-12H2,1-2H3,(H,20,21)/t14-/m1/s1. The van der Waals surface area contributed by atoms with E-state index in [4.69, 9.17) is 11.6 Å². The van der Waals surface area contributed by atoms with Crippen molar-refractivity contribution < 1.29 is 4.79 Å². The molecule has 0 aliphatic rings. The van der Waals surface area contributed by atoms with E-state index >= 15 is 0 Å². The van der Waals surface area contributed by atoms with Crippen molar-refractivity contribution in [1.82, 2.24) is 5.32 Å². The number of benzene rings is 2. The molecule has 2 aromatic carbocycles. The fraction of sp³-hybridized carbons (Fsp3) is 0.278. The number of halogens is 1. The lowest BCUT2D eigenvalue weighted by atomic mass is 10.1. The molecule has 0 spiro atoms. The fourth-order valence-corrected chi connectivity index (χ4v) is 3.02. The maximum absolute atomic E-state index is 12.0. The maximum atomic E-state index is 12.0. The molecule has 22 heavy (non-hydrogen) atoms. The van der Waals surface area contributed by atoms with Crippen LogP contribution >= 0.6 is 23.4 Å². The Morgan fingerprint density at radius 2 is 1.77 bits per heavy atom. The summed E-state index contributed by atoms with van der Waals surface area (Å²) in [4.78, 5) is 13.1. The summed E-state index contributed by atoms with van der Waals surface area (Å²) in [5.41, 5.74) is 2.35. The van der Waals surface area contributed by atoms with E-state index in [1.807, 2.05) is 31.2 Å². The lowest BCUT2D eigenvalue weighted by Crippen LogP contribution is -2.26. The molecule has 0 aliphatic heterocycles. The van der Waals surface area contributed by atoms with Gasteiger partial charge in [0.15, 0.2) is 0 Å². The molecular weight excluding hydrogens is 314 g/mol. The molecule has 0 heterocycles. The third-order valence-electron chi connectivity index (χ3n) is 3.37. The normalized spacial score (nSPS) is 12.0. The SMILES string of the molecule is Cc1ccc([C@@H](C)NC(=O)CCSc2ccc(Cl)cc2)cc1. The molecule has 1 atom stereocenters. The number of hydrogen-bond acceptors (Lipinski definition) is 2. The summed E-state index contributed by atoms with van der Waals surface area (Å²) in [6.45, 7) is 4.07. The molecule has 0 unspecified atom stereocenters. The predicted octanol–water partition coefficient (Wildman–Crippen LogP) is 5.01. The van der Waals surface area contributed by atoms with Crippen molar-refractivity contribution in [3.05, 3.63) is 64.7 Å². The quantitative estimate of drug-likeness (QED) is 0.753. The van der Waals surface area contributed by atoms with E-state index in [-0.39, 0.29) is 11.9 Å². The zero-order valence-electron chi connectivity index (χ0n) is 12.8. The highest BCUT2D eigenvalue weighted by atomic mass is 35.5. The van der Waals surface area contributed by atoms with Crippen LogP contribution in [0.2, 0.25) is 5.02 Å². The van der Waals surface area contributed by atoms with E-state index in [9.17, 15) is 4.79 Å². The van der Waals surface area contributed by atoms with Crippen molar-refractivity contribution in [3.8, 4) is 0 Å². The lowest BCUT2D eigenvalue weighted by Gasteiger charge is -2.14. The van der Waals surface area contributed by atoms with Crippen LogP contribution < -0.4 is 5.32 Å². The van der Waals surface area contributed by atoms with Gasteiger partial charge >= 0.3 is 0 Å². The molecule has 0 radical (unpaired) electrons. The molecule has 4 heteroatoms. The maximum Gasteiger partial charge on any atom is 0.221 e. The number of carbonyl (C=O) groups is 1. The third-order valence-corrected chi connectivity index (χ3v) is 4.63. The highest BCUT2D eigenvalue weighted by Gasteiger charge is 2.09. The summed E-state index contributed by atoms with van der Waals surface area (Å²) in [7, 11) is 0. The van der Waals surface area contributed by atoms with Gasteiger partial charge in [-0.3, -0.25) is 4.79 Å².